The van der Waals surface area contributed by atoms with Gasteiger partial charge in [0.1, 0.15) is 17.2 Å². The second-order valence-electron chi connectivity index (χ2n) is 3.63. The summed E-state index contributed by atoms with van der Waals surface area (Å²) in [6, 6.07) is 5.23. The van der Waals surface area contributed by atoms with Gasteiger partial charge in [-0.05, 0) is 0 Å². The van der Waals surface area contributed by atoms with Crippen LogP contribution < -0.4 is 14.2 Å². The first-order chi connectivity index (χ1) is 9.25. The standard InChI is InChI=1S/C13H13ClN2O3/c1-17-10-3-11(18-2)5-12(4-10)19-13-8-15-9(6-14)7-16-13/h3-5,7-8H,6H2,1-2H3. The smallest absolute Gasteiger partial charge is 0.237 e. The fraction of sp³-hybridized carbons (Fsp3) is 0.231. The van der Waals surface area contributed by atoms with Crippen LogP contribution in [-0.4, -0.2) is 24.2 Å². The van der Waals surface area contributed by atoms with Crippen LogP contribution in [0.15, 0.2) is 30.6 Å². The highest BCUT2D eigenvalue weighted by molar-refractivity contribution is 6.16. The topological polar surface area (TPSA) is 53.5 Å². The highest BCUT2D eigenvalue weighted by Gasteiger charge is 2.05. The predicted molar refractivity (Wildman–Crippen MR) is 71.2 cm³/mol. The van der Waals surface area contributed by atoms with Crippen molar-refractivity contribution in [3.05, 3.63) is 36.3 Å². The van der Waals surface area contributed by atoms with Crippen molar-refractivity contribution in [3.8, 4) is 23.1 Å². The molecule has 0 fully saturated rings. The fourth-order valence-corrected chi connectivity index (χ4v) is 1.56. The highest BCUT2D eigenvalue weighted by Crippen LogP contribution is 2.29. The molecule has 0 N–H and O–H groups in total. The number of rotatable bonds is 5. The van der Waals surface area contributed by atoms with Crippen LogP contribution in [0.25, 0.3) is 0 Å². The number of methoxy groups -OCH3 is 2. The number of hydrogen-bond donors (Lipinski definition) is 0. The number of alkyl halides is 1. The Bertz CT molecular complexity index is 524. The van der Waals surface area contributed by atoms with Gasteiger partial charge in [-0.25, -0.2) is 4.98 Å². The van der Waals surface area contributed by atoms with E-state index >= 15 is 0 Å². The monoisotopic (exact) mass is 280 g/mol. The zero-order valence-electron chi connectivity index (χ0n) is 10.6. The van der Waals surface area contributed by atoms with Crippen LogP contribution in [0, 0.1) is 0 Å². The van der Waals surface area contributed by atoms with E-state index in [1.165, 1.54) is 6.20 Å². The number of ether oxygens (including phenoxy) is 3. The quantitative estimate of drug-likeness (QED) is 0.788. The summed E-state index contributed by atoms with van der Waals surface area (Å²) in [7, 11) is 3.15. The van der Waals surface area contributed by atoms with E-state index in [0.717, 1.165) is 0 Å². The van der Waals surface area contributed by atoms with Crippen LogP contribution in [0.1, 0.15) is 5.69 Å². The zero-order chi connectivity index (χ0) is 13.7. The molecule has 0 atom stereocenters. The Hall–Kier alpha value is -2.01. The van der Waals surface area contributed by atoms with Crippen molar-refractivity contribution in [2.75, 3.05) is 14.2 Å². The van der Waals surface area contributed by atoms with Gasteiger partial charge in [0.05, 0.1) is 38.2 Å². The van der Waals surface area contributed by atoms with Gasteiger partial charge in [0, 0.05) is 18.2 Å². The lowest BCUT2D eigenvalue weighted by Crippen LogP contribution is -1.94. The Balaban J connectivity index is 2.21. The third-order valence-corrected chi connectivity index (χ3v) is 2.64. The maximum absolute atomic E-state index is 5.64. The van der Waals surface area contributed by atoms with Crippen molar-refractivity contribution < 1.29 is 14.2 Å². The molecular formula is C13H13ClN2O3. The van der Waals surface area contributed by atoms with E-state index in [4.69, 9.17) is 25.8 Å². The second kappa shape index (κ2) is 6.24. The summed E-state index contributed by atoms with van der Waals surface area (Å²) in [5.41, 5.74) is 0.692. The molecule has 5 nitrogen and oxygen atoms in total. The summed E-state index contributed by atoms with van der Waals surface area (Å²) in [5, 5.41) is 0. The molecule has 2 rings (SSSR count). The van der Waals surface area contributed by atoms with E-state index in [1.807, 2.05) is 0 Å². The first kappa shape index (κ1) is 13.4. The summed E-state index contributed by atoms with van der Waals surface area (Å²) in [6.07, 6.45) is 3.09. The minimum Gasteiger partial charge on any atom is -0.496 e. The molecule has 0 saturated heterocycles. The summed E-state index contributed by atoms with van der Waals surface area (Å²) in [5.74, 6) is 2.54. The van der Waals surface area contributed by atoms with Crippen LogP contribution >= 0.6 is 11.6 Å². The van der Waals surface area contributed by atoms with E-state index in [0.29, 0.717) is 34.7 Å². The third-order valence-electron chi connectivity index (χ3n) is 2.37. The van der Waals surface area contributed by atoms with Gasteiger partial charge in [-0.3, -0.25) is 4.98 Å². The molecule has 0 aliphatic carbocycles. The molecule has 0 amide bonds. The fourth-order valence-electron chi connectivity index (χ4n) is 1.43. The van der Waals surface area contributed by atoms with Gasteiger partial charge in [-0.15, -0.1) is 11.6 Å². The summed E-state index contributed by atoms with van der Waals surface area (Å²) < 4.78 is 15.9. The van der Waals surface area contributed by atoms with Gasteiger partial charge in [0.2, 0.25) is 5.88 Å². The molecule has 0 spiro atoms. The van der Waals surface area contributed by atoms with Gasteiger partial charge in [-0.2, -0.15) is 0 Å². The molecule has 0 unspecified atom stereocenters. The molecule has 0 radical (unpaired) electrons. The van der Waals surface area contributed by atoms with Crippen LogP contribution in [0.3, 0.4) is 0 Å². The van der Waals surface area contributed by atoms with Crippen LogP contribution in [0.2, 0.25) is 0 Å². The van der Waals surface area contributed by atoms with Crippen LogP contribution in [-0.2, 0) is 5.88 Å². The van der Waals surface area contributed by atoms with Gasteiger partial charge in [0.15, 0.2) is 0 Å². The molecule has 1 aromatic heterocycles. The first-order valence-corrected chi connectivity index (χ1v) is 6.06. The van der Waals surface area contributed by atoms with Crippen LogP contribution in [0.4, 0.5) is 0 Å². The van der Waals surface area contributed by atoms with E-state index < -0.39 is 0 Å². The van der Waals surface area contributed by atoms with Crippen molar-refractivity contribution in [1.29, 1.82) is 0 Å². The van der Waals surface area contributed by atoms with Crippen molar-refractivity contribution in [2.45, 2.75) is 5.88 Å². The Kier molecular flexibility index (Phi) is 4.41. The Morgan fingerprint density at radius 1 is 0.947 bits per heavy atom. The van der Waals surface area contributed by atoms with Crippen LogP contribution in [0.5, 0.6) is 23.1 Å². The molecule has 2 aromatic rings. The normalized spacial score (nSPS) is 10.1. The second-order valence-corrected chi connectivity index (χ2v) is 3.90. The van der Waals surface area contributed by atoms with Crippen molar-refractivity contribution in [1.82, 2.24) is 9.97 Å². The molecule has 0 aliphatic rings. The molecular weight excluding hydrogens is 268 g/mol. The Labute approximate surface area is 116 Å². The summed E-state index contributed by atoms with van der Waals surface area (Å²) >= 11 is 5.64. The highest BCUT2D eigenvalue weighted by atomic mass is 35.5. The van der Waals surface area contributed by atoms with E-state index in [9.17, 15) is 0 Å². The number of nitrogens with zero attached hydrogens (tertiary/aromatic N) is 2. The number of aromatic nitrogens is 2. The van der Waals surface area contributed by atoms with Gasteiger partial charge in [-0.1, -0.05) is 0 Å². The summed E-state index contributed by atoms with van der Waals surface area (Å²) in [4.78, 5) is 8.20. The van der Waals surface area contributed by atoms with Gasteiger partial charge < -0.3 is 14.2 Å². The Morgan fingerprint density at radius 2 is 1.58 bits per heavy atom. The molecule has 0 aliphatic heterocycles. The lowest BCUT2D eigenvalue weighted by molar-refractivity contribution is 0.384. The lowest BCUT2D eigenvalue weighted by atomic mass is 10.3. The molecule has 19 heavy (non-hydrogen) atoms. The van der Waals surface area contributed by atoms with Crippen molar-refractivity contribution in [3.63, 3.8) is 0 Å². The molecule has 6 heteroatoms. The SMILES string of the molecule is COc1cc(OC)cc(Oc2cnc(CCl)cn2)c1. The summed E-state index contributed by atoms with van der Waals surface area (Å²) in [6.45, 7) is 0. The van der Waals surface area contributed by atoms with Crippen molar-refractivity contribution in [2.24, 2.45) is 0 Å². The van der Waals surface area contributed by atoms with E-state index in [2.05, 4.69) is 9.97 Å². The average Bonchev–Trinajstić information content (AvgIpc) is 2.47. The lowest BCUT2D eigenvalue weighted by Gasteiger charge is -2.09. The number of halogens is 1. The average molecular weight is 281 g/mol. The third kappa shape index (κ3) is 3.48. The van der Waals surface area contributed by atoms with Gasteiger partial charge >= 0.3 is 0 Å². The maximum Gasteiger partial charge on any atom is 0.237 e. The molecule has 100 valence electrons. The number of hydrogen-bond acceptors (Lipinski definition) is 5. The Morgan fingerprint density at radius 3 is 2.05 bits per heavy atom. The predicted octanol–water partition coefficient (Wildman–Crippen LogP) is 3.02. The molecule has 1 heterocycles. The van der Waals surface area contributed by atoms with E-state index in [1.54, 1.807) is 38.6 Å². The van der Waals surface area contributed by atoms with Gasteiger partial charge in [0.25, 0.3) is 0 Å². The number of benzene rings is 1. The van der Waals surface area contributed by atoms with Crippen molar-refractivity contribution >= 4 is 11.6 Å². The first-order valence-electron chi connectivity index (χ1n) is 5.53. The zero-order valence-corrected chi connectivity index (χ0v) is 11.3. The maximum atomic E-state index is 5.64. The molecule has 0 bridgehead atoms. The largest absolute Gasteiger partial charge is 0.496 e. The van der Waals surface area contributed by atoms with E-state index in [-0.39, 0.29) is 0 Å². The minimum absolute atomic E-state index is 0.320. The minimum atomic E-state index is 0.320. The molecule has 1 aromatic carbocycles. The molecule has 0 saturated carbocycles.